The molecule has 1 aliphatic carbocycles. The molecule has 0 amide bonds. The lowest BCUT2D eigenvalue weighted by Gasteiger charge is -2.39. The summed E-state index contributed by atoms with van der Waals surface area (Å²) < 4.78 is 7.28. The largest absolute Gasteiger partial charge is 0.489 e. The molecule has 1 heterocycles. The second-order valence-electron chi connectivity index (χ2n) is 6.13. The van der Waals surface area contributed by atoms with Crippen LogP contribution in [0.5, 0.6) is 5.75 Å². The van der Waals surface area contributed by atoms with E-state index in [1.165, 1.54) is 51.5 Å². The van der Waals surface area contributed by atoms with Gasteiger partial charge in [-0.15, -0.1) is 0 Å². The quantitative estimate of drug-likeness (QED) is 0.797. The molecular formula is C17H24BrNO. The third kappa shape index (κ3) is 3.76. The van der Waals surface area contributed by atoms with E-state index in [2.05, 4.69) is 33.0 Å². The molecule has 1 aromatic rings. The molecule has 2 aliphatic rings. The standard InChI is InChI=1S/C17H24BrNO/c18-14-6-4-9-16(12-14)20-17-10-5-11-19(13-17)15-7-2-1-3-8-15/h4,6,9,12,15,17H,1-3,5,7-8,10-11,13H2. The van der Waals surface area contributed by atoms with Crippen molar-refractivity contribution in [2.24, 2.45) is 0 Å². The van der Waals surface area contributed by atoms with Crippen LogP contribution in [0, 0.1) is 0 Å². The van der Waals surface area contributed by atoms with Gasteiger partial charge in [-0.25, -0.2) is 0 Å². The van der Waals surface area contributed by atoms with E-state index in [1.807, 2.05) is 12.1 Å². The van der Waals surface area contributed by atoms with Gasteiger partial charge in [0.05, 0.1) is 0 Å². The molecule has 0 radical (unpaired) electrons. The molecule has 1 aromatic carbocycles. The topological polar surface area (TPSA) is 12.5 Å². The van der Waals surface area contributed by atoms with Crippen LogP contribution in [0.3, 0.4) is 0 Å². The van der Waals surface area contributed by atoms with Gasteiger partial charge in [0.1, 0.15) is 11.9 Å². The van der Waals surface area contributed by atoms with Crippen molar-refractivity contribution in [2.45, 2.75) is 57.1 Å². The second kappa shape index (κ2) is 6.95. The number of benzene rings is 1. The lowest BCUT2D eigenvalue weighted by molar-refractivity contribution is 0.0493. The number of hydrogen-bond donors (Lipinski definition) is 0. The highest BCUT2D eigenvalue weighted by Crippen LogP contribution is 2.27. The molecule has 1 unspecified atom stereocenters. The minimum atomic E-state index is 0.361. The highest BCUT2D eigenvalue weighted by Gasteiger charge is 2.27. The Bertz CT molecular complexity index is 431. The van der Waals surface area contributed by atoms with Crippen molar-refractivity contribution in [3.63, 3.8) is 0 Å². The van der Waals surface area contributed by atoms with Crippen LogP contribution in [-0.2, 0) is 0 Å². The fourth-order valence-corrected chi connectivity index (χ4v) is 3.95. The zero-order valence-corrected chi connectivity index (χ0v) is 13.6. The van der Waals surface area contributed by atoms with Gasteiger partial charge in [-0.1, -0.05) is 41.3 Å². The maximum atomic E-state index is 6.19. The Morgan fingerprint density at radius 3 is 2.70 bits per heavy atom. The summed E-state index contributed by atoms with van der Waals surface area (Å²) in [5.74, 6) is 0.995. The van der Waals surface area contributed by atoms with Gasteiger partial charge in [0.2, 0.25) is 0 Å². The van der Waals surface area contributed by atoms with Gasteiger partial charge >= 0.3 is 0 Å². The zero-order valence-electron chi connectivity index (χ0n) is 12.1. The third-order valence-corrected chi connectivity index (χ3v) is 5.09. The predicted molar refractivity (Wildman–Crippen MR) is 86.2 cm³/mol. The number of ether oxygens (including phenoxy) is 1. The molecule has 1 atom stereocenters. The first-order valence-corrected chi connectivity index (χ1v) is 8.77. The Balaban J connectivity index is 1.57. The van der Waals surface area contributed by atoms with E-state index in [9.17, 15) is 0 Å². The van der Waals surface area contributed by atoms with E-state index >= 15 is 0 Å². The van der Waals surface area contributed by atoms with E-state index < -0.39 is 0 Å². The van der Waals surface area contributed by atoms with Gasteiger partial charge in [-0.2, -0.15) is 0 Å². The maximum absolute atomic E-state index is 6.19. The van der Waals surface area contributed by atoms with E-state index in [1.54, 1.807) is 0 Å². The van der Waals surface area contributed by atoms with Crippen molar-refractivity contribution in [1.29, 1.82) is 0 Å². The van der Waals surface area contributed by atoms with Crippen molar-refractivity contribution >= 4 is 15.9 Å². The van der Waals surface area contributed by atoms with E-state index in [-0.39, 0.29) is 0 Å². The fraction of sp³-hybridized carbons (Fsp3) is 0.647. The molecule has 0 aromatic heterocycles. The number of rotatable bonds is 3. The molecule has 3 heteroatoms. The molecule has 0 N–H and O–H groups in total. The number of nitrogens with zero attached hydrogens (tertiary/aromatic N) is 1. The highest BCUT2D eigenvalue weighted by atomic mass is 79.9. The molecule has 2 nitrogen and oxygen atoms in total. The Morgan fingerprint density at radius 2 is 1.90 bits per heavy atom. The maximum Gasteiger partial charge on any atom is 0.120 e. The minimum absolute atomic E-state index is 0.361. The first-order valence-electron chi connectivity index (χ1n) is 7.97. The summed E-state index contributed by atoms with van der Waals surface area (Å²) in [5.41, 5.74) is 0. The summed E-state index contributed by atoms with van der Waals surface area (Å²) in [5, 5.41) is 0. The normalized spacial score (nSPS) is 25.6. The lowest BCUT2D eigenvalue weighted by Crippen LogP contribution is -2.47. The van der Waals surface area contributed by atoms with E-state index in [4.69, 9.17) is 4.74 Å². The molecule has 3 rings (SSSR count). The summed E-state index contributed by atoms with van der Waals surface area (Å²) in [6.07, 6.45) is 9.87. The second-order valence-corrected chi connectivity index (χ2v) is 7.04. The van der Waals surface area contributed by atoms with Crippen LogP contribution in [0.1, 0.15) is 44.9 Å². The molecule has 1 saturated carbocycles. The van der Waals surface area contributed by atoms with Crippen LogP contribution in [0.15, 0.2) is 28.7 Å². The SMILES string of the molecule is Brc1cccc(OC2CCCN(C3CCCCC3)C2)c1. The zero-order chi connectivity index (χ0) is 13.8. The first-order chi connectivity index (χ1) is 9.81. The molecule has 1 saturated heterocycles. The minimum Gasteiger partial charge on any atom is -0.489 e. The van der Waals surface area contributed by atoms with Gasteiger partial charge in [-0.3, -0.25) is 4.90 Å². The predicted octanol–water partition coefficient (Wildman–Crippen LogP) is 4.63. The fourth-order valence-electron chi connectivity index (χ4n) is 3.57. The summed E-state index contributed by atoms with van der Waals surface area (Å²) in [7, 11) is 0. The molecule has 0 bridgehead atoms. The lowest BCUT2D eigenvalue weighted by atomic mass is 9.92. The van der Waals surface area contributed by atoms with Gasteiger partial charge in [0.15, 0.2) is 0 Å². The van der Waals surface area contributed by atoms with Crippen molar-refractivity contribution in [2.75, 3.05) is 13.1 Å². The summed E-state index contributed by atoms with van der Waals surface area (Å²) in [6, 6.07) is 9.03. The Kier molecular flexibility index (Phi) is 5.00. The number of likely N-dealkylation sites (tertiary alicyclic amines) is 1. The summed E-state index contributed by atoms with van der Waals surface area (Å²) >= 11 is 3.51. The first kappa shape index (κ1) is 14.4. The average molecular weight is 338 g/mol. The van der Waals surface area contributed by atoms with Crippen molar-refractivity contribution < 1.29 is 4.74 Å². The molecule has 2 fully saturated rings. The Hall–Kier alpha value is -0.540. The smallest absolute Gasteiger partial charge is 0.120 e. The van der Waals surface area contributed by atoms with Crippen LogP contribution in [0.4, 0.5) is 0 Å². The van der Waals surface area contributed by atoms with Gasteiger partial charge < -0.3 is 4.74 Å². The van der Waals surface area contributed by atoms with Gasteiger partial charge in [0, 0.05) is 17.1 Å². The summed E-state index contributed by atoms with van der Waals surface area (Å²) in [6.45, 7) is 2.38. The van der Waals surface area contributed by atoms with Gasteiger partial charge in [-0.05, 0) is 50.4 Å². The van der Waals surface area contributed by atoms with Crippen LogP contribution < -0.4 is 4.74 Å². The highest BCUT2D eigenvalue weighted by molar-refractivity contribution is 9.10. The molecule has 110 valence electrons. The average Bonchev–Trinajstić information content (AvgIpc) is 2.48. The van der Waals surface area contributed by atoms with Crippen LogP contribution >= 0.6 is 15.9 Å². The molecule has 20 heavy (non-hydrogen) atoms. The molecule has 1 aliphatic heterocycles. The Morgan fingerprint density at radius 1 is 1.05 bits per heavy atom. The summed E-state index contributed by atoms with van der Waals surface area (Å²) in [4.78, 5) is 2.69. The molecule has 0 spiro atoms. The van der Waals surface area contributed by atoms with Gasteiger partial charge in [0.25, 0.3) is 0 Å². The number of halogens is 1. The Labute approximate surface area is 130 Å². The van der Waals surface area contributed by atoms with Crippen molar-refractivity contribution in [3.8, 4) is 5.75 Å². The van der Waals surface area contributed by atoms with Crippen LogP contribution in [0.2, 0.25) is 0 Å². The monoisotopic (exact) mass is 337 g/mol. The van der Waals surface area contributed by atoms with E-state index in [0.29, 0.717) is 6.10 Å². The van der Waals surface area contributed by atoms with Crippen LogP contribution in [0.25, 0.3) is 0 Å². The van der Waals surface area contributed by atoms with E-state index in [0.717, 1.165) is 22.8 Å². The third-order valence-electron chi connectivity index (χ3n) is 4.60. The van der Waals surface area contributed by atoms with Crippen molar-refractivity contribution in [3.05, 3.63) is 28.7 Å². The molecular weight excluding hydrogens is 314 g/mol. The van der Waals surface area contributed by atoms with Crippen molar-refractivity contribution in [1.82, 2.24) is 4.90 Å². The number of piperidine rings is 1. The number of hydrogen-bond acceptors (Lipinski definition) is 2. The van der Waals surface area contributed by atoms with Crippen LogP contribution in [-0.4, -0.2) is 30.1 Å².